The van der Waals surface area contributed by atoms with E-state index in [0.29, 0.717) is 12.6 Å². The van der Waals surface area contributed by atoms with Crippen molar-refractivity contribution in [3.63, 3.8) is 0 Å². The van der Waals surface area contributed by atoms with Gasteiger partial charge in [-0.25, -0.2) is 0 Å². The second-order valence-corrected chi connectivity index (χ2v) is 7.01. The highest BCUT2D eigenvalue weighted by Gasteiger charge is 2.40. The first-order valence-electron chi connectivity index (χ1n) is 9.03. The molecule has 2 heterocycles. The number of nitrogens with zero attached hydrogens (tertiary/aromatic N) is 2. The van der Waals surface area contributed by atoms with Gasteiger partial charge < -0.3 is 14.5 Å². The SMILES string of the molecule is CCOc1ccc(-c2ccccc2N2CC[C@@H]3CN(C)C[C@@H]32)cc1. The zero-order valence-corrected chi connectivity index (χ0v) is 14.6. The third kappa shape index (κ3) is 2.78. The Morgan fingerprint density at radius 1 is 1.04 bits per heavy atom. The van der Waals surface area contributed by atoms with E-state index < -0.39 is 0 Å². The fourth-order valence-electron chi connectivity index (χ4n) is 4.34. The van der Waals surface area contributed by atoms with Crippen LogP contribution in [0.3, 0.4) is 0 Å². The van der Waals surface area contributed by atoms with Crippen molar-refractivity contribution in [1.29, 1.82) is 0 Å². The van der Waals surface area contributed by atoms with E-state index >= 15 is 0 Å². The fraction of sp³-hybridized carbons (Fsp3) is 0.429. The molecule has 2 atom stereocenters. The lowest BCUT2D eigenvalue weighted by atomic mass is 10.0. The van der Waals surface area contributed by atoms with Gasteiger partial charge in [-0.2, -0.15) is 0 Å². The molecule has 2 fully saturated rings. The van der Waals surface area contributed by atoms with Gasteiger partial charge in [0.15, 0.2) is 0 Å². The molecule has 0 spiro atoms. The van der Waals surface area contributed by atoms with E-state index in [1.54, 1.807) is 0 Å². The maximum absolute atomic E-state index is 5.58. The van der Waals surface area contributed by atoms with Crippen LogP contribution in [0.2, 0.25) is 0 Å². The number of anilines is 1. The Labute approximate surface area is 144 Å². The lowest BCUT2D eigenvalue weighted by molar-refractivity contribution is 0.340. The van der Waals surface area contributed by atoms with Gasteiger partial charge in [-0.05, 0) is 50.1 Å². The van der Waals surface area contributed by atoms with E-state index in [0.717, 1.165) is 11.7 Å². The van der Waals surface area contributed by atoms with E-state index in [2.05, 4.69) is 65.4 Å². The third-order valence-corrected chi connectivity index (χ3v) is 5.42. The highest BCUT2D eigenvalue weighted by Crippen LogP contribution is 2.39. The van der Waals surface area contributed by atoms with Gasteiger partial charge >= 0.3 is 0 Å². The number of likely N-dealkylation sites (tertiary alicyclic amines) is 1. The molecule has 3 nitrogen and oxygen atoms in total. The molecule has 0 unspecified atom stereocenters. The molecule has 2 saturated heterocycles. The molecule has 126 valence electrons. The van der Waals surface area contributed by atoms with Crippen molar-refractivity contribution in [2.24, 2.45) is 5.92 Å². The summed E-state index contributed by atoms with van der Waals surface area (Å²) in [6, 6.07) is 18.0. The molecule has 4 rings (SSSR count). The molecule has 0 aromatic heterocycles. The summed E-state index contributed by atoms with van der Waals surface area (Å²) in [5.74, 6) is 1.76. The van der Waals surface area contributed by atoms with Gasteiger partial charge in [0.2, 0.25) is 0 Å². The Hall–Kier alpha value is -2.00. The standard InChI is InChI=1S/C21H26N2O/c1-3-24-18-10-8-16(9-11-18)19-6-4-5-7-20(19)23-13-12-17-14-22(2)15-21(17)23/h4-11,17,21H,3,12-15H2,1-2H3/t17-,21+/m1/s1. The Balaban J connectivity index is 1.66. The van der Waals surface area contributed by atoms with Crippen LogP contribution >= 0.6 is 0 Å². The van der Waals surface area contributed by atoms with Gasteiger partial charge in [-0.1, -0.05) is 30.3 Å². The first-order chi connectivity index (χ1) is 11.8. The summed E-state index contributed by atoms with van der Waals surface area (Å²) < 4.78 is 5.58. The summed E-state index contributed by atoms with van der Waals surface area (Å²) in [7, 11) is 2.24. The Morgan fingerprint density at radius 3 is 2.62 bits per heavy atom. The summed E-state index contributed by atoms with van der Waals surface area (Å²) in [6.45, 7) is 6.33. The maximum Gasteiger partial charge on any atom is 0.119 e. The van der Waals surface area contributed by atoms with Crippen LogP contribution in [0.4, 0.5) is 5.69 Å². The van der Waals surface area contributed by atoms with Crippen molar-refractivity contribution in [3.8, 4) is 16.9 Å². The molecule has 2 aromatic rings. The molecule has 0 amide bonds. The number of fused-ring (bicyclic) bond motifs is 1. The van der Waals surface area contributed by atoms with Crippen LogP contribution in [0.15, 0.2) is 48.5 Å². The van der Waals surface area contributed by atoms with Crippen LogP contribution in [-0.4, -0.2) is 44.2 Å². The van der Waals surface area contributed by atoms with Crippen molar-refractivity contribution in [2.75, 3.05) is 38.2 Å². The minimum absolute atomic E-state index is 0.666. The van der Waals surface area contributed by atoms with E-state index in [9.17, 15) is 0 Å². The predicted octanol–water partition coefficient (Wildman–Crippen LogP) is 3.89. The summed E-state index contributed by atoms with van der Waals surface area (Å²) in [5.41, 5.74) is 3.98. The molecule has 0 N–H and O–H groups in total. The fourth-order valence-corrected chi connectivity index (χ4v) is 4.34. The number of ether oxygens (including phenoxy) is 1. The molecular formula is C21H26N2O. The molecule has 2 aliphatic rings. The topological polar surface area (TPSA) is 15.7 Å². The smallest absolute Gasteiger partial charge is 0.119 e. The zero-order chi connectivity index (χ0) is 16.5. The lowest BCUT2D eigenvalue weighted by Crippen LogP contribution is -2.34. The second kappa shape index (κ2) is 6.48. The Morgan fingerprint density at radius 2 is 1.83 bits per heavy atom. The van der Waals surface area contributed by atoms with Crippen molar-refractivity contribution < 1.29 is 4.74 Å². The minimum atomic E-state index is 0.666. The van der Waals surface area contributed by atoms with Gasteiger partial charge in [0.25, 0.3) is 0 Å². The van der Waals surface area contributed by atoms with Crippen molar-refractivity contribution in [2.45, 2.75) is 19.4 Å². The lowest BCUT2D eigenvalue weighted by Gasteiger charge is -2.28. The molecule has 0 radical (unpaired) electrons. The molecule has 24 heavy (non-hydrogen) atoms. The summed E-state index contributed by atoms with van der Waals surface area (Å²) in [6.07, 6.45) is 1.31. The van der Waals surface area contributed by atoms with Crippen LogP contribution in [0.25, 0.3) is 11.1 Å². The van der Waals surface area contributed by atoms with Gasteiger partial charge in [0.05, 0.1) is 6.61 Å². The number of hydrogen-bond acceptors (Lipinski definition) is 3. The maximum atomic E-state index is 5.58. The molecule has 2 aromatic carbocycles. The van der Waals surface area contributed by atoms with E-state index in [4.69, 9.17) is 4.74 Å². The van der Waals surface area contributed by atoms with E-state index in [1.807, 2.05) is 6.92 Å². The number of likely N-dealkylation sites (N-methyl/N-ethyl adjacent to an activating group) is 1. The monoisotopic (exact) mass is 322 g/mol. The van der Waals surface area contributed by atoms with Crippen molar-refractivity contribution in [1.82, 2.24) is 4.90 Å². The molecule has 0 saturated carbocycles. The zero-order valence-electron chi connectivity index (χ0n) is 14.6. The molecule has 2 aliphatic heterocycles. The van der Waals surface area contributed by atoms with Crippen LogP contribution < -0.4 is 9.64 Å². The van der Waals surface area contributed by atoms with Crippen LogP contribution in [0, 0.1) is 5.92 Å². The Bertz CT molecular complexity index is 697. The third-order valence-electron chi connectivity index (χ3n) is 5.42. The normalized spacial score (nSPS) is 23.5. The van der Waals surface area contributed by atoms with Gasteiger partial charge in [-0.3, -0.25) is 0 Å². The quantitative estimate of drug-likeness (QED) is 0.849. The minimum Gasteiger partial charge on any atom is -0.494 e. The van der Waals surface area contributed by atoms with Crippen LogP contribution in [0.5, 0.6) is 5.75 Å². The average molecular weight is 322 g/mol. The summed E-state index contributed by atoms with van der Waals surface area (Å²) >= 11 is 0. The van der Waals surface area contributed by atoms with Gasteiger partial charge in [0.1, 0.15) is 5.75 Å². The second-order valence-electron chi connectivity index (χ2n) is 7.01. The van der Waals surface area contributed by atoms with Crippen molar-refractivity contribution >= 4 is 5.69 Å². The predicted molar refractivity (Wildman–Crippen MR) is 99.8 cm³/mol. The van der Waals surface area contributed by atoms with Crippen molar-refractivity contribution in [3.05, 3.63) is 48.5 Å². The molecular weight excluding hydrogens is 296 g/mol. The first kappa shape index (κ1) is 15.5. The summed E-state index contributed by atoms with van der Waals surface area (Å²) in [4.78, 5) is 5.11. The number of benzene rings is 2. The number of rotatable bonds is 4. The number of hydrogen-bond donors (Lipinski definition) is 0. The highest BCUT2D eigenvalue weighted by atomic mass is 16.5. The largest absolute Gasteiger partial charge is 0.494 e. The average Bonchev–Trinajstić information content (AvgIpc) is 3.15. The van der Waals surface area contributed by atoms with E-state index in [1.165, 1.54) is 42.9 Å². The highest BCUT2D eigenvalue weighted by molar-refractivity contribution is 5.79. The molecule has 0 aliphatic carbocycles. The number of para-hydroxylation sites is 1. The van der Waals surface area contributed by atoms with E-state index in [-0.39, 0.29) is 0 Å². The van der Waals surface area contributed by atoms with Crippen LogP contribution in [0.1, 0.15) is 13.3 Å². The molecule has 0 bridgehead atoms. The molecule has 3 heteroatoms. The summed E-state index contributed by atoms with van der Waals surface area (Å²) in [5, 5.41) is 0. The Kier molecular flexibility index (Phi) is 4.19. The van der Waals surface area contributed by atoms with Gasteiger partial charge in [0, 0.05) is 36.9 Å². The van der Waals surface area contributed by atoms with Crippen LogP contribution in [-0.2, 0) is 0 Å². The first-order valence-corrected chi connectivity index (χ1v) is 9.03. The van der Waals surface area contributed by atoms with Gasteiger partial charge in [-0.15, -0.1) is 0 Å².